The second kappa shape index (κ2) is 6.37. The Kier molecular flexibility index (Phi) is 4.07. The van der Waals surface area contributed by atoms with Gasteiger partial charge in [-0.2, -0.15) is 0 Å². The Hall–Kier alpha value is -1.82. The summed E-state index contributed by atoms with van der Waals surface area (Å²) < 4.78 is 18.2. The monoisotopic (exact) mass is 428 g/mol. The SMILES string of the molecule is CC(=O)O[C@H]1[C@H](C)[C@@H](O)[C@H]2[C@H]1C=C[C@@H]1C[C@@H]3[C@@H](C4=C5O[C@]3(C)CC[C@@H](OC4=O)[C@@H]5C)[C@H]21. The zero-order chi connectivity index (χ0) is 21.8. The number of carbonyl (C=O) groups excluding carboxylic acids is 2. The van der Waals surface area contributed by atoms with E-state index in [-0.39, 0.29) is 77.1 Å². The molecule has 0 spiro atoms. The molecule has 0 radical (unpaired) electrons. The summed E-state index contributed by atoms with van der Waals surface area (Å²) in [5, 5.41) is 11.3. The first-order chi connectivity index (χ1) is 14.7. The summed E-state index contributed by atoms with van der Waals surface area (Å²) in [7, 11) is 0. The number of ether oxygens (including phenoxy) is 3. The minimum atomic E-state index is -0.571. The number of fused-ring (bicyclic) bond motifs is 9. The van der Waals surface area contributed by atoms with Crippen LogP contribution in [-0.2, 0) is 23.8 Å². The lowest BCUT2D eigenvalue weighted by Gasteiger charge is -2.48. The van der Waals surface area contributed by atoms with Gasteiger partial charge in [-0.3, -0.25) is 4.79 Å². The van der Waals surface area contributed by atoms with Gasteiger partial charge >= 0.3 is 11.9 Å². The van der Waals surface area contributed by atoms with Crippen LogP contribution < -0.4 is 0 Å². The van der Waals surface area contributed by atoms with Crippen LogP contribution in [0.25, 0.3) is 0 Å². The topological polar surface area (TPSA) is 82.1 Å². The van der Waals surface area contributed by atoms with E-state index < -0.39 is 6.10 Å². The van der Waals surface area contributed by atoms with E-state index in [2.05, 4.69) is 26.0 Å². The second-order valence-corrected chi connectivity index (χ2v) is 11.0. The molecule has 1 saturated heterocycles. The van der Waals surface area contributed by atoms with Crippen LogP contribution in [0.2, 0.25) is 0 Å². The summed E-state index contributed by atoms with van der Waals surface area (Å²) in [6.45, 7) is 7.72. The molecule has 12 atom stereocenters. The van der Waals surface area contributed by atoms with Gasteiger partial charge in [0, 0.05) is 30.6 Å². The fourth-order valence-electron chi connectivity index (χ4n) is 8.17. The van der Waals surface area contributed by atoms with Crippen molar-refractivity contribution in [3.05, 3.63) is 23.5 Å². The highest BCUT2D eigenvalue weighted by Gasteiger charge is 2.66. The highest BCUT2D eigenvalue weighted by Crippen LogP contribution is 2.65. The van der Waals surface area contributed by atoms with Crippen molar-refractivity contribution in [3.63, 3.8) is 0 Å². The molecular formula is C25H32O6. The van der Waals surface area contributed by atoms with Gasteiger partial charge in [0.25, 0.3) is 0 Å². The first-order valence-corrected chi connectivity index (χ1v) is 11.9. The molecule has 1 N–H and O–H groups in total. The number of allylic oxidation sites excluding steroid dienone is 1. The predicted molar refractivity (Wildman–Crippen MR) is 110 cm³/mol. The Labute approximate surface area is 183 Å². The number of carbonyl (C=O) groups is 2. The number of hydrogen-bond donors (Lipinski definition) is 1. The highest BCUT2D eigenvalue weighted by molar-refractivity contribution is 5.91. The van der Waals surface area contributed by atoms with Gasteiger partial charge < -0.3 is 19.3 Å². The lowest BCUT2D eigenvalue weighted by molar-refractivity contribution is -0.154. The molecule has 6 rings (SSSR count). The summed E-state index contributed by atoms with van der Waals surface area (Å²) in [4.78, 5) is 25.0. The van der Waals surface area contributed by atoms with Crippen LogP contribution in [0.15, 0.2) is 23.5 Å². The molecule has 31 heavy (non-hydrogen) atoms. The van der Waals surface area contributed by atoms with Crippen molar-refractivity contribution >= 4 is 11.9 Å². The average molecular weight is 429 g/mol. The maximum Gasteiger partial charge on any atom is 0.338 e. The fraction of sp³-hybridized carbons (Fsp3) is 0.760. The molecule has 168 valence electrons. The van der Waals surface area contributed by atoms with Gasteiger partial charge in [0.05, 0.1) is 17.6 Å². The summed E-state index contributed by atoms with van der Waals surface area (Å²) >= 11 is 0. The number of aliphatic hydroxyl groups excluding tert-OH is 1. The molecule has 3 bridgehead atoms. The molecular weight excluding hydrogens is 396 g/mol. The van der Waals surface area contributed by atoms with Crippen molar-refractivity contribution in [2.45, 2.75) is 70.9 Å². The van der Waals surface area contributed by atoms with E-state index in [1.54, 1.807) is 0 Å². The van der Waals surface area contributed by atoms with Gasteiger partial charge in [0.1, 0.15) is 23.6 Å². The van der Waals surface area contributed by atoms with Crippen molar-refractivity contribution in [2.75, 3.05) is 0 Å². The van der Waals surface area contributed by atoms with E-state index in [9.17, 15) is 14.7 Å². The predicted octanol–water partition coefficient (Wildman–Crippen LogP) is 3.00. The zero-order valence-corrected chi connectivity index (χ0v) is 18.6. The number of aliphatic hydroxyl groups is 1. The summed E-state index contributed by atoms with van der Waals surface area (Å²) in [5.74, 6) is 0.819. The van der Waals surface area contributed by atoms with Gasteiger partial charge in [-0.05, 0) is 43.9 Å². The Morgan fingerprint density at radius 3 is 2.77 bits per heavy atom. The molecule has 3 aliphatic carbocycles. The molecule has 6 nitrogen and oxygen atoms in total. The van der Waals surface area contributed by atoms with E-state index in [1.807, 2.05) is 6.92 Å². The van der Waals surface area contributed by atoms with Gasteiger partial charge in [-0.1, -0.05) is 26.0 Å². The molecule has 6 heteroatoms. The van der Waals surface area contributed by atoms with Crippen LogP contribution in [0, 0.1) is 47.3 Å². The minimum absolute atomic E-state index is 0.0168. The normalized spacial score (nSPS) is 53.8. The molecule has 6 aliphatic rings. The lowest BCUT2D eigenvalue weighted by atomic mass is 9.64. The summed E-state index contributed by atoms with van der Waals surface area (Å²) in [6, 6.07) is 0. The second-order valence-electron chi connectivity index (χ2n) is 11.0. The van der Waals surface area contributed by atoms with Crippen molar-refractivity contribution < 1.29 is 28.9 Å². The Morgan fingerprint density at radius 1 is 1.26 bits per heavy atom. The lowest BCUT2D eigenvalue weighted by Crippen LogP contribution is -2.49. The van der Waals surface area contributed by atoms with Crippen molar-refractivity contribution in [1.82, 2.24) is 0 Å². The van der Waals surface area contributed by atoms with Crippen LogP contribution in [-0.4, -0.2) is 41.0 Å². The van der Waals surface area contributed by atoms with Crippen molar-refractivity contribution in [3.8, 4) is 0 Å². The van der Waals surface area contributed by atoms with Gasteiger partial charge in [-0.15, -0.1) is 0 Å². The molecule has 2 saturated carbocycles. The van der Waals surface area contributed by atoms with E-state index >= 15 is 0 Å². The summed E-state index contributed by atoms with van der Waals surface area (Å²) in [5.41, 5.74) is 0.413. The van der Waals surface area contributed by atoms with E-state index in [0.29, 0.717) is 0 Å². The molecule has 0 unspecified atom stereocenters. The molecule has 3 heterocycles. The van der Waals surface area contributed by atoms with Crippen molar-refractivity contribution in [2.24, 2.45) is 47.3 Å². The van der Waals surface area contributed by atoms with E-state index in [1.165, 1.54) is 6.92 Å². The number of esters is 2. The van der Waals surface area contributed by atoms with Crippen LogP contribution in [0.4, 0.5) is 0 Å². The molecule has 3 aliphatic heterocycles. The highest BCUT2D eigenvalue weighted by atomic mass is 16.6. The first-order valence-electron chi connectivity index (χ1n) is 11.9. The Bertz CT molecular complexity index is 906. The summed E-state index contributed by atoms with van der Waals surface area (Å²) in [6.07, 6.45) is 6.08. The average Bonchev–Trinajstić information content (AvgIpc) is 3.20. The van der Waals surface area contributed by atoms with Crippen LogP contribution in [0.3, 0.4) is 0 Å². The molecule has 0 aromatic rings. The zero-order valence-electron chi connectivity index (χ0n) is 18.6. The van der Waals surface area contributed by atoms with Crippen molar-refractivity contribution in [1.29, 1.82) is 0 Å². The quantitative estimate of drug-likeness (QED) is 0.511. The third kappa shape index (κ3) is 2.48. The maximum absolute atomic E-state index is 13.2. The van der Waals surface area contributed by atoms with Crippen LogP contribution >= 0.6 is 0 Å². The smallest absolute Gasteiger partial charge is 0.338 e. The minimum Gasteiger partial charge on any atom is -0.491 e. The fourth-order valence-corrected chi connectivity index (χ4v) is 8.17. The van der Waals surface area contributed by atoms with Crippen LogP contribution in [0.1, 0.15) is 47.0 Å². The third-order valence-electron chi connectivity index (χ3n) is 9.57. The van der Waals surface area contributed by atoms with Crippen LogP contribution in [0.5, 0.6) is 0 Å². The first kappa shape index (κ1) is 19.8. The van der Waals surface area contributed by atoms with Gasteiger partial charge in [0.2, 0.25) is 0 Å². The molecule has 0 aromatic heterocycles. The number of rotatable bonds is 1. The Balaban J connectivity index is 1.47. The third-order valence-corrected chi connectivity index (χ3v) is 9.57. The maximum atomic E-state index is 13.2. The van der Waals surface area contributed by atoms with E-state index in [0.717, 1.165) is 30.6 Å². The largest absolute Gasteiger partial charge is 0.491 e. The number of hydrogen-bond acceptors (Lipinski definition) is 6. The molecule has 0 aromatic carbocycles. The van der Waals surface area contributed by atoms with E-state index in [4.69, 9.17) is 14.2 Å². The molecule has 0 amide bonds. The van der Waals surface area contributed by atoms with Gasteiger partial charge in [0.15, 0.2) is 0 Å². The van der Waals surface area contributed by atoms with Gasteiger partial charge in [-0.25, -0.2) is 4.79 Å². The standard InChI is InChI=1S/C25H32O6/c1-10-16-7-8-25(4)15-9-13-5-6-14-18(21(27)11(2)22(14)29-12(3)26)17(13)19(15)20(23(10)31-25)24(28)30-16/h5-6,10-11,13-19,21-22,27H,7-9H2,1-4H3/t10-,11+,13+,14+,15+,16+,17-,18-,19+,21+,22-,25+/m0/s1. The Morgan fingerprint density at radius 2 is 2.03 bits per heavy atom. The molecule has 3 fully saturated rings.